The van der Waals surface area contributed by atoms with Gasteiger partial charge in [0, 0.05) is 6.20 Å². The zero-order valence-corrected chi connectivity index (χ0v) is 8.88. The summed E-state index contributed by atoms with van der Waals surface area (Å²) in [5.41, 5.74) is 1.63. The molecule has 0 fully saturated rings. The molecule has 3 nitrogen and oxygen atoms in total. The number of carbonyl (C=O) groups is 1. The zero-order chi connectivity index (χ0) is 10.7. The first-order chi connectivity index (χ1) is 6.50. The van der Waals surface area contributed by atoms with Crippen LogP contribution in [-0.2, 0) is 4.79 Å². The Bertz CT molecular complexity index is 352. The van der Waals surface area contributed by atoms with Gasteiger partial charge in [-0.25, -0.2) is 0 Å². The number of rotatable bonds is 3. The topological polar surface area (TPSA) is 50.2 Å². The van der Waals surface area contributed by atoms with Crippen LogP contribution in [0.15, 0.2) is 12.3 Å². The summed E-state index contributed by atoms with van der Waals surface area (Å²) in [6, 6.07) is 1.78. The molecule has 0 saturated carbocycles. The predicted octanol–water partition coefficient (Wildman–Crippen LogP) is 2.62. The number of nitrogens with zero attached hydrogens (tertiary/aromatic N) is 1. The molecule has 0 radical (unpaired) electrons. The Balaban J connectivity index is 2.85. The van der Waals surface area contributed by atoms with Crippen molar-refractivity contribution < 1.29 is 9.90 Å². The molecule has 1 aromatic rings. The van der Waals surface area contributed by atoms with Crippen molar-refractivity contribution >= 4 is 17.6 Å². The van der Waals surface area contributed by atoms with Crippen molar-refractivity contribution in [3.8, 4) is 0 Å². The van der Waals surface area contributed by atoms with E-state index in [-0.39, 0.29) is 12.3 Å². The van der Waals surface area contributed by atoms with Crippen LogP contribution < -0.4 is 0 Å². The number of pyridine rings is 1. The summed E-state index contributed by atoms with van der Waals surface area (Å²) in [4.78, 5) is 14.6. The molecule has 0 bridgehead atoms. The molecule has 4 heteroatoms. The minimum absolute atomic E-state index is 0.0573. The van der Waals surface area contributed by atoms with E-state index < -0.39 is 5.97 Å². The fraction of sp³-hybridized carbons (Fsp3) is 0.400. The summed E-state index contributed by atoms with van der Waals surface area (Å²) in [7, 11) is 0. The molecule has 1 atom stereocenters. The maximum Gasteiger partial charge on any atom is 0.303 e. The molecule has 0 aromatic carbocycles. The molecule has 1 rings (SSSR count). The van der Waals surface area contributed by atoms with Crippen molar-refractivity contribution in [1.29, 1.82) is 0 Å². The van der Waals surface area contributed by atoms with E-state index in [0.29, 0.717) is 5.02 Å². The Morgan fingerprint density at radius 2 is 2.36 bits per heavy atom. The van der Waals surface area contributed by atoms with Gasteiger partial charge in [-0.05, 0) is 24.5 Å². The number of carboxylic acids is 1. The van der Waals surface area contributed by atoms with E-state index in [4.69, 9.17) is 16.7 Å². The first kappa shape index (κ1) is 11.0. The van der Waals surface area contributed by atoms with Crippen molar-refractivity contribution in [3.63, 3.8) is 0 Å². The Morgan fingerprint density at radius 1 is 1.71 bits per heavy atom. The summed E-state index contributed by atoms with van der Waals surface area (Å²) >= 11 is 5.88. The molecule has 1 N–H and O–H groups in total. The maximum atomic E-state index is 10.5. The van der Waals surface area contributed by atoms with Gasteiger partial charge in [-0.3, -0.25) is 9.78 Å². The summed E-state index contributed by atoms with van der Waals surface area (Å²) in [5.74, 6) is -0.868. The summed E-state index contributed by atoms with van der Waals surface area (Å²) in [6.45, 7) is 3.66. The number of aromatic nitrogens is 1. The molecule has 1 aromatic heterocycles. The van der Waals surface area contributed by atoms with Crippen LogP contribution in [0.5, 0.6) is 0 Å². The van der Waals surface area contributed by atoms with Gasteiger partial charge < -0.3 is 5.11 Å². The largest absolute Gasteiger partial charge is 0.481 e. The SMILES string of the molecule is Cc1ncc(C(C)CC(=O)O)cc1Cl. The van der Waals surface area contributed by atoms with Crippen LogP contribution in [0.3, 0.4) is 0 Å². The lowest BCUT2D eigenvalue weighted by Gasteiger charge is -2.09. The Morgan fingerprint density at radius 3 is 2.86 bits per heavy atom. The van der Waals surface area contributed by atoms with Crippen LogP contribution in [0, 0.1) is 6.92 Å². The van der Waals surface area contributed by atoms with Crippen molar-refractivity contribution in [1.82, 2.24) is 4.98 Å². The van der Waals surface area contributed by atoms with Gasteiger partial charge in [0.05, 0.1) is 17.1 Å². The van der Waals surface area contributed by atoms with Crippen LogP contribution in [0.1, 0.15) is 30.5 Å². The van der Waals surface area contributed by atoms with Crippen molar-refractivity contribution in [3.05, 3.63) is 28.5 Å². The Labute approximate surface area is 87.7 Å². The Kier molecular flexibility index (Phi) is 3.47. The van der Waals surface area contributed by atoms with Crippen LogP contribution in [0.4, 0.5) is 0 Å². The normalized spacial score (nSPS) is 12.5. The van der Waals surface area contributed by atoms with Crippen molar-refractivity contribution in [2.24, 2.45) is 0 Å². The van der Waals surface area contributed by atoms with Crippen molar-refractivity contribution in [2.75, 3.05) is 0 Å². The van der Waals surface area contributed by atoms with Crippen LogP contribution >= 0.6 is 11.6 Å². The second-order valence-electron chi connectivity index (χ2n) is 3.33. The number of hydrogen-bond acceptors (Lipinski definition) is 2. The third-order valence-corrected chi connectivity index (χ3v) is 2.48. The van der Waals surface area contributed by atoms with Crippen LogP contribution in [0.2, 0.25) is 5.02 Å². The lowest BCUT2D eigenvalue weighted by molar-refractivity contribution is -0.137. The highest BCUT2D eigenvalue weighted by Crippen LogP contribution is 2.22. The van der Waals surface area contributed by atoms with Gasteiger partial charge >= 0.3 is 5.97 Å². The van der Waals surface area contributed by atoms with Gasteiger partial charge in [-0.2, -0.15) is 0 Å². The molecule has 0 saturated heterocycles. The standard InChI is InChI=1S/C10H12ClNO2/c1-6(3-10(13)14)8-4-9(11)7(2)12-5-8/h4-6H,3H2,1-2H3,(H,13,14). The highest BCUT2D eigenvalue weighted by Gasteiger charge is 2.11. The summed E-state index contributed by atoms with van der Waals surface area (Å²) < 4.78 is 0. The molecule has 0 aliphatic rings. The first-order valence-electron chi connectivity index (χ1n) is 4.34. The van der Waals surface area contributed by atoms with E-state index in [2.05, 4.69) is 4.98 Å². The molecule has 14 heavy (non-hydrogen) atoms. The zero-order valence-electron chi connectivity index (χ0n) is 8.12. The fourth-order valence-electron chi connectivity index (χ4n) is 1.17. The van der Waals surface area contributed by atoms with Crippen LogP contribution in [0.25, 0.3) is 0 Å². The average molecular weight is 214 g/mol. The van der Waals surface area contributed by atoms with Crippen molar-refractivity contribution in [2.45, 2.75) is 26.2 Å². The molecule has 0 spiro atoms. The maximum absolute atomic E-state index is 10.5. The predicted molar refractivity (Wildman–Crippen MR) is 54.7 cm³/mol. The van der Waals surface area contributed by atoms with E-state index in [0.717, 1.165) is 11.3 Å². The smallest absolute Gasteiger partial charge is 0.303 e. The number of carboxylic acid groups (broad SMARTS) is 1. The Hall–Kier alpha value is -1.09. The quantitative estimate of drug-likeness (QED) is 0.840. The summed E-state index contributed by atoms with van der Waals surface area (Å²) in [6.07, 6.45) is 1.77. The number of hydrogen-bond donors (Lipinski definition) is 1. The van der Waals surface area contributed by atoms with E-state index in [9.17, 15) is 4.79 Å². The van der Waals surface area contributed by atoms with E-state index in [1.54, 1.807) is 12.3 Å². The van der Waals surface area contributed by atoms with Gasteiger partial charge in [0.25, 0.3) is 0 Å². The van der Waals surface area contributed by atoms with Gasteiger partial charge in [0.2, 0.25) is 0 Å². The third kappa shape index (κ3) is 2.70. The van der Waals surface area contributed by atoms with E-state index in [1.165, 1.54) is 0 Å². The molecule has 0 amide bonds. The average Bonchev–Trinajstić information content (AvgIpc) is 2.08. The molecular formula is C10H12ClNO2. The monoisotopic (exact) mass is 213 g/mol. The van der Waals surface area contributed by atoms with E-state index >= 15 is 0 Å². The number of aryl methyl sites for hydroxylation is 1. The summed E-state index contributed by atoms with van der Waals surface area (Å²) in [5, 5.41) is 9.20. The minimum Gasteiger partial charge on any atom is -0.481 e. The first-order valence-corrected chi connectivity index (χ1v) is 4.72. The molecule has 76 valence electrons. The van der Waals surface area contributed by atoms with Gasteiger partial charge in [0.1, 0.15) is 0 Å². The number of aliphatic carboxylic acids is 1. The number of halogens is 1. The van der Waals surface area contributed by atoms with E-state index in [1.807, 2.05) is 13.8 Å². The molecule has 0 aliphatic carbocycles. The highest BCUT2D eigenvalue weighted by atomic mass is 35.5. The lowest BCUT2D eigenvalue weighted by atomic mass is 9.99. The van der Waals surface area contributed by atoms with Gasteiger partial charge in [0.15, 0.2) is 0 Å². The molecule has 1 unspecified atom stereocenters. The second-order valence-corrected chi connectivity index (χ2v) is 3.74. The fourth-order valence-corrected chi connectivity index (χ4v) is 1.35. The highest BCUT2D eigenvalue weighted by molar-refractivity contribution is 6.31. The molecule has 0 aliphatic heterocycles. The minimum atomic E-state index is -0.811. The van der Waals surface area contributed by atoms with Gasteiger partial charge in [-0.15, -0.1) is 0 Å². The second kappa shape index (κ2) is 4.42. The van der Waals surface area contributed by atoms with Gasteiger partial charge in [-0.1, -0.05) is 18.5 Å². The molecule has 1 heterocycles. The third-order valence-electron chi connectivity index (χ3n) is 2.10. The lowest BCUT2D eigenvalue weighted by Crippen LogP contribution is -2.03. The van der Waals surface area contributed by atoms with Crippen LogP contribution in [-0.4, -0.2) is 16.1 Å². The molecular weight excluding hydrogens is 202 g/mol.